The van der Waals surface area contributed by atoms with Crippen LogP contribution in [0.2, 0.25) is 5.02 Å². The normalized spacial score (nSPS) is 18.9. The van der Waals surface area contributed by atoms with Crippen molar-refractivity contribution in [3.63, 3.8) is 0 Å². The van der Waals surface area contributed by atoms with E-state index in [0.717, 1.165) is 10.9 Å². The van der Waals surface area contributed by atoms with Crippen LogP contribution in [0.5, 0.6) is 0 Å². The highest BCUT2D eigenvalue weighted by molar-refractivity contribution is 7.10. The Hall–Kier alpha value is -0.0500. The third-order valence-electron chi connectivity index (χ3n) is 3.38. The zero-order valence-electron chi connectivity index (χ0n) is 9.35. The molecule has 1 aliphatic rings. The van der Waals surface area contributed by atoms with Crippen molar-refractivity contribution in [3.8, 4) is 0 Å². The Bertz CT molecular complexity index is 330. The van der Waals surface area contributed by atoms with Crippen molar-refractivity contribution in [2.75, 3.05) is 7.05 Å². The molecule has 1 unspecified atom stereocenters. The van der Waals surface area contributed by atoms with Crippen molar-refractivity contribution in [2.45, 2.75) is 38.6 Å². The van der Waals surface area contributed by atoms with E-state index in [9.17, 15) is 0 Å². The molecular weight excluding hydrogens is 226 g/mol. The van der Waals surface area contributed by atoms with Gasteiger partial charge in [0.1, 0.15) is 0 Å². The zero-order chi connectivity index (χ0) is 10.8. The van der Waals surface area contributed by atoms with Crippen LogP contribution in [0.1, 0.15) is 42.2 Å². The van der Waals surface area contributed by atoms with Gasteiger partial charge in [-0.2, -0.15) is 0 Å². The van der Waals surface area contributed by atoms with Crippen molar-refractivity contribution in [3.05, 3.63) is 20.8 Å². The van der Waals surface area contributed by atoms with Gasteiger partial charge < -0.3 is 5.32 Å². The molecule has 0 saturated heterocycles. The van der Waals surface area contributed by atoms with Gasteiger partial charge in [0, 0.05) is 10.9 Å². The average Bonchev–Trinajstić information content (AvgIpc) is 2.48. The largest absolute Gasteiger partial charge is 0.312 e. The molecule has 3 heteroatoms. The Labute approximate surface area is 101 Å². The topological polar surface area (TPSA) is 12.0 Å². The third kappa shape index (κ3) is 2.38. The Morgan fingerprint density at radius 1 is 1.60 bits per heavy atom. The van der Waals surface area contributed by atoms with E-state index in [1.165, 1.54) is 36.1 Å². The molecule has 15 heavy (non-hydrogen) atoms. The summed E-state index contributed by atoms with van der Waals surface area (Å²) in [5.74, 6) is 0.918. The predicted molar refractivity (Wildman–Crippen MR) is 67.8 cm³/mol. The minimum atomic E-state index is 0.460. The van der Waals surface area contributed by atoms with Crippen LogP contribution in [-0.2, 0) is 0 Å². The second kappa shape index (κ2) is 4.86. The van der Waals surface area contributed by atoms with E-state index in [2.05, 4.69) is 17.6 Å². The molecule has 1 saturated carbocycles. The first-order valence-corrected chi connectivity index (χ1v) is 6.89. The van der Waals surface area contributed by atoms with Crippen LogP contribution >= 0.6 is 22.9 Å². The van der Waals surface area contributed by atoms with E-state index in [1.807, 2.05) is 7.05 Å². The van der Waals surface area contributed by atoms with Crippen LogP contribution in [0.15, 0.2) is 5.38 Å². The van der Waals surface area contributed by atoms with Gasteiger partial charge in [-0.3, -0.25) is 0 Å². The minimum Gasteiger partial charge on any atom is -0.312 e. The number of nitrogens with one attached hydrogen (secondary N) is 1. The second-order valence-corrected chi connectivity index (χ2v) is 5.76. The molecule has 1 N–H and O–H groups in total. The van der Waals surface area contributed by atoms with Crippen LogP contribution in [0, 0.1) is 12.8 Å². The predicted octanol–water partition coefficient (Wildman–Crippen LogP) is 4.16. The summed E-state index contributed by atoms with van der Waals surface area (Å²) >= 11 is 8.09. The van der Waals surface area contributed by atoms with Gasteiger partial charge >= 0.3 is 0 Å². The number of hydrogen-bond acceptors (Lipinski definition) is 2. The van der Waals surface area contributed by atoms with Crippen molar-refractivity contribution < 1.29 is 0 Å². The average molecular weight is 244 g/mol. The van der Waals surface area contributed by atoms with Crippen molar-refractivity contribution in [1.82, 2.24) is 5.32 Å². The zero-order valence-corrected chi connectivity index (χ0v) is 10.9. The van der Waals surface area contributed by atoms with Crippen LogP contribution in [0.3, 0.4) is 0 Å². The van der Waals surface area contributed by atoms with Gasteiger partial charge in [-0.05, 0) is 37.3 Å². The summed E-state index contributed by atoms with van der Waals surface area (Å²) in [5, 5.41) is 6.52. The second-order valence-electron chi connectivity index (χ2n) is 4.47. The Morgan fingerprint density at radius 2 is 2.33 bits per heavy atom. The molecule has 1 heterocycles. The van der Waals surface area contributed by atoms with E-state index >= 15 is 0 Å². The molecule has 1 fully saturated rings. The van der Waals surface area contributed by atoms with Gasteiger partial charge in [0.2, 0.25) is 0 Å². The number of hydrogen-bond donors (Lipinski definition) is 1. The molecule has 0 aliphatic heterocycles. The van der Waals surface area contributed by atoms with E-state index in [4.69, 9.17) is 11.6 Å². The molecule has 1 nitrogen and oxygen atoms in total. The van der Waals surface area contributed by atoms with E-state index in [1.54, 1.807) is 11.3 Å². The molecule has 0 spiro atoms. The lowest BCUT2D eigenvalue weighted by atomic mass is 9.80. The highest BCUT2D eigenvalue weighted by Crippen LogP contribution is 2.39. The first-order valence-electron chi connectivity index (χ1n) is 5.63. The van der Waals surface area contributed by atoms with Gasteiger partial charge in [-0.25, -0.2) is 0 Å². The maximum absolute atomic E-state index is 6.30. The van der Waals surface area contributed by atoms with Crippen molar-refractivity contribution in [2.24, 2.45) is 5.92 Å². The summed E-state index contributed by atoms with van der Waals surface area (Å²) < 4.78 is 0. The molecule has 1 aliphatic carbocycles. The summed E-state index contributed by atoms with van der Waals surface area (Å²) in [6.45, 7) is 2.08. The van der Waals surface area contributed by atoms with Gasteiger partial charge in [0.05, 0.1) is 5.02 Å². The van der Waals surface area contributed by atoms with Crippen LogP contribution in [0.4, 0.5) is 0 Å². The first-order chi connectivity index (χ1) is 7.22. The molecule has 0 amide bonds. The van der Waals surface area contributed by atoms with Crippen molar-refractivity contribution in [1.29, 1.82) is 0 Å². The fourth-order valence-electron chi connectivity index (χ4n) is 2.10. The minimum absolute atomic E-state index is 0.460. The quantitative estimate of drug-likeness (QED) is 0.838. The highest BCUT2D eigenvalue weighted by Gasteiger charge is 2.24. The molecule has 0 aromatic carbocycles. The molecule has 0 radical (unpaired) electrons. The lowest BCUT2D eigenvalue weighted by Crippen LogP contribution is -2.22. The lowest BCUT2D eigenvalue weighted by molar-refractivity contribution is 0.267. The summed E-state index contributed by atoms with van der Waals surface area (Å²) in [5.41, 5.74) is 1.21. The number of halogens is 1. The number of rotatable bonds is 4. The summed E-state index contributed by atoms with van der Waals surface area (Å²) in [6, 6.07) is 0.460. The summed E-state index contributed by atoms with van der Waals surface area (Å²) in [4.78, 5) is 1.32. The molecule has 1 aromatic rings. The van der Waals surface area contributed by atoms with Crippen LogP contribution in [0.25, 0.3) is 0 Å². The van der Waals surface area contributed by atoms with E-state index in [0.29, 0.717) is 6.04 Å². The third-order valence-corrected chi connectivity index (χ3v) is 5.21. The smallest absolute Gasteiger partial charge is 0.0590 e. The van der Waals surface area contributed by atoms with Crippen LogP contribution in [-0.4, -0.2) is 7.05 Å². The van der Waals surface area contributed by atoms with Gasteiger partial charge in [-0.15, -0.1) is 11.3 Å². The van der Waals surface area contributed by atoms with Crippen LogP contribution < -0.4 is 5.32 Å². The van der Waals surface area contributed by atoms with E-state index in [-0.39, 0.29) is 0 Å². The first kappa shape index (κ1) is 11.4. The molecule has 1 atom stereocenters. The molecular formula is C12H18ClNS. The monoisotopic (exact) mass is 243 g/mol. The van der Waals surface area contributed by atoms with Gasteiger partial charge in [0.25, 0.3) is 0 Å². The fourth-order valence-corrected chi connectivity index (χ4v) is 3.55. The van der Waals surface area contributed by atoms with E-state index < -0.39 is 0 Å². The fraction of sp³-hybridized carbons (Fsp3) is 0.667. The summed E-state index contributed by atoms with van der Waals surface area (Å²) in [6.07, 6.45) is 5.47. The Morgan fingerprint density at radius 3 is 2.73 bits per heavy atom. The molecule has 1 aromatic heterocycles. The molecule has 2 rings (SSSR count). The molecule has 84 valence electrons. The number of aryl methyl sites for hydroxylation is 1. The SMILES string of the molecule is CNC(CC1CCC1)c1scc(C)c1Cl. The lowest BCUT2D eigenvalue weighted by Gasteiger charge is -2.29. The van der Waals surface area contributed by atoms with Gasteiger partial charge in [-0.1, -0.05) is 30.9 Å². The maximum atomic E-state index is 6.30. The summed E-state index contributed by atoms with van der Waals surface area (Å²) in [7, 11) is 2.04. The van der Waals surface area contributed by atoms with Gasteiger partial charge in [0.15, 0.2) is 0 Å². The maximum Gasteiger partial charge on any atom is 0.0590 e. The molecule has 0 bridgehead atoms. The standard InChI is InChI=1S/C12H18ClNS/c1-8-7-15-12(11(8)13)10(14-2)6-9-4-3-5-9/h7,9-10,14H,3-6H2,1-2H3. The van der Waals surface area contributed by atoms with Crippen molar-refractivity contribution >= 4 is 22.9 Å². The Balaban J connectivity index is 2.07. The Kier molecular flexibility index (Phi) is 3.70. The highest BCUT2D eigenvalue weighted by atomic mass is 35.5. The number of thiophene rings is 1.